The Morgan fingerprint density at radius 1 is 0.923 bits per heavy atom. The summed E-state index contributed by atoms with van der Waals surface area (Å²) in [7, 11) is -4.03. The molecule has 202 valence electrons. The standard InChI is InChI=1S/C30H31ClN4O3S/c1-20-11-13-27(16-21(20)2)35-23(4)17-25(24(35)5)18-32-33-30(36)19-34(29-14-12-26(31)15-22(29)3)39(37,38)28-9-7-6-8-10-28/h6-18H,19H2,1-5H3,(H,33,36)/b32-18-. The number of hydrazone groups is 1. The van der Waals surface area contributed by atoms with Crippen molar-refractivity contribution in [2.75, 3.05) is 10.8 Å². The number of nitrogens with one attached hydrogen (secondary N) is 1. The summed E-state index contributed by atoms with van der Waals surface area (Å²) in [5, 5.41) is 4.61. The Balaban J connectivity index is 1.57. The Labute approximate surface area is 234 Å². The van der Waals surface area contributed by atoms with Crippen molar-refractivity contribution in [3.63, 3.8) is 0 Å². The second kappa shape index (κ2) is 11.5. The summed E-state index contributed by atoms with van der Waals surface area (Å²) in [4.78, 5) is 13.0. The van der Waals surface area contributed by atoms with E-state index in [1.54, 1.807) is 49.5 Å². The molecule has 1 aromatic heterocycles. The Hall–Kier alpha value is -3.88. The summed E-state index contributed by atoms with van der Waals surface area (Å²) in [6.45, 7) is 9.45. The predicted octanol–water partition coefficient (Wildman–Crippen LogP) is 6.02. The third-order valence-corrected chi connectivity index (χ3v) is 8.67. The van der Waals surface area contributed by atoms with E-state index in [0.717, 1.165) is 26.9 Å². The van der Waals surface area contributed by atoms with Crippen LogP contribution in [-0.2, 0) is 14.8 Å². The van der Waals surface area contributed by atoms with Crippen LogP contribution < -0.4 is 9.73 Å². The van der Waals surface area contributed by atoms with Gasteiger partial charge in [-0.25, -0.2) is 13.8 Å². The molecule has 4 aromatic rings. The molecule has 4 rings (SSSR count). The van der Waals surface area contributed by atoms with E-state index in [-0.39, 0.29) is 4.90 Å². The highest BCUT2D eigenvalue weighted by atomic mass is 35.5. The Morgan fingerprint density at radius 2 is 1.64 bits per heavy atom. The first-order valence-electron chi connectivity index (χ1n) is 12.4. The fourth-order valence-electron chi connectivity index (χ4n) is 4.44. The minimum Gasteiger partial charge on any atom is -0.318 e. The number of hydrogen-bond donors (Lipinski definition) is 1. The van der Waals surface area contributed by atoms with Gasteiger partial charge in [0.15, 0.2) is 0 Å². The van der Waals surface area contributed by atoms with Crippen LogP contribution in [-0.4, -0.2) is 31.7 Å². The van der Waals surface area contributed by atoms with Gasteiger partial charge in [0.2, 0.25) is 0 Å². The number of amides is 1. The van der Waals surface area contributed by atoms with Crippen LogP contribution in [0.3, 0.4) is 0 Å². The van der Waals surface area contributed by atoms with Gasteiger partial charge in [-0.3, -0.25) is 9.10 Å². The maximum atomic E-state index is 13.5. The second-order valence-corrected chi connectivity index (χ2v) is 11.8. The number of hydrogen-bond acceptors (Lipinski definition) is 4. The zero-order chi connectivity index (χ0) is 28.3. The molecule has 0 atom stereocenters. The van der Waals surface area contributed by atoms with Crippen molar-refractivity contribution in [2.45, 2.75) is 39.5 Å². The first-order valence-corrected chi connectivity index (χ1v) is 14.2. The van der Waals surface area contributed by atoms with E-state index in [2.05, 4.69) is 47.1 Å². The molecule has 1 heterocycles. The summed E-state index contributed by atoms with van der Waals surface area (Å²) in [5.41, 5.74) is 9.79. The summed E-state index contributed by atoms with van der Waals surface area (Å²) in [6.07, 6.45) is 1.57. The highest BCUT2D eigenvalue weighted by molar-refractivity contribution is 7.92. The maximum Gasteiger partial charge on any atom is 0.264 e. The van der Waals surface area contributed by atoms with Gasteiger partial charge in [0.25, 0.3) is 15.9 Å². The molecule has 39 heavy (non-hydrogen) atoms. The van der Waals surface area contributed by atoms with Gasteiger partial charge in [-0.1, -0.05) is 35.9 Å². The van der Waals surface area contributed by atoms with Crippen molar-refractivity contribution in [3.05, 3.63) is 111 Å². The highest BCUT2D eigenvalue weighted by Gasteiger charge is 2.28. The van der Waals surface area contributed by atoms with Gasteiger partial charge in [0.05, 0.1) is 16.8 Å². The first-order chi connectivity index (χ1) is 18.5. The van der Waals surface area contributed by atoms with Crippen molar-refractivity contribution in [1.82, 2.24) is 9.99 Å². The number of halogens is 1. The van der Waals surface area contributed by atoms with Crippen molar-refractivity contribution < 1.29 is 13.2 Å². The van der Waals surface area contributed by atoms with Gasteiger partial charge in [-0.15, -0.1) is 0 Å². The van der Waals surface area contributed by atoms with E-state index in [1.165, 1.54) is 23.3 Å². The lowest BCUT2D eigenvalue weighted by atomic mass is 10.1. The van der Waals surface area contributed by atoms with E-state index in [4.69, 9.17) is 11.6 Å². The monoisotopic (exact) mass is 562 g/mol. The molecule has 0 aliphatic rings. The molecule has 0 bridgehead atoms. The number of carbonyl (C=O) groups is 1. The normalized spacial score (nSPS) is 11.6. The third kappa shape index (κ3) is 6.08. The average Bonchev–Trinajstić information content (AvgIpc) is 3.17. The zero-order valence-electron chi connectivity index (χ0n) is 22.6. The van der Waals surface area contributed by atoms with Crippen molar-refractivity contribution in [1.29, 1.82) is 0 Å². The van der Waals surface area contributed by atoms with Crippen LogP contribution >= 0.6 is 11.6 Å². The molecule has 1 N–H and O–H groups in total. The van der Waals surface area contributed by atoms with Crippen molar-refractivity contribution in [3.8, 4) is 5.69 Å². The molecule has 0 aliphatic carbocycles. The summed E-state index contributed by atoms with van der Waals surface area (Å²) < 4.78 is 30.3. The quantitative estimate of drug-likeness (QED) is 0.210. The largest absolute Gasteiger partial charge is 0.318 e. The van der Waals surface area contributed by atoms with E-state index in [0.29, 0.717) is 16.3 Å². The Bertz CT molecular complexity index is 1660. The fraction of sp³-hybridized carbons (Fsp3) is 0.200. The molecule has 7 nitrogen and oxygen atoms in total. The zero-order valence-corrected chi connectivity index (χ0v) is 24.1. The Kier molecular flexibility index (Phi) is 8.28. The summed E-state index contributed by atoms with van der Waals surface area (Å²) in [5.74, 6) is -0.580. The fourth-order valence-corrected chi connectivity index (χ4v) is 6.17. The highest BCUT2D eigenvalue weighted by Crippen LogP contribution is 2.29. The minimum atomic E-state index is -4.03. The number of rotatable bonds is 8. The van der Waals surface area contributed by atoms with Gasteiger partial charge in [-0.05, 0) is 99.8 Å². The molecule has 0 saturated carbocycles. The molecule has 1 amide bonds. The molecule has 0 unspecified atom stereocenters. The molecule has 0 radical (unpaired) electrons. The van der Waals surface area contributed by atoms with Crippen LogP contribution in [0.2, 0.25) is 5.02 Å². The average molecular weight is 563 g/mol. The SMILES string of the molecule is Cc1ccc(-n2c(C)cc(/C=N\NC(=O)CN(c3ccc(Cl)cc3C)S(=O)(=O)c3ccccc3)c2C)cc1C. The number of nitrogens with zero attached hydrogens (tertiary/aromatic N) is 3. The van der Waals surface area contributed by atoms with Crippen LogP contribution in [0.15, 0.2) is 82.8 Å². The van der Waals surface area contributed by atoms with Crippen LogP contribution in [0.25, 0.3) is 5.69 Å². The summed E-state index contributed by atoms with van der Waals surface area (Å²) >= 11 is 6.10. The van der Waals surface area contributed by atoms with Gasteiger partial charge >= 0.3 is 0 Å². The number of sulfonamides is 1. The van der Waals surface area contributed by atoms with E-state index < -0.39 is 22.5 Å². The van der Waals surface area contributed by atoms with Crippen LogP contribution in [0, 0.1) is 34.6 Å². The third-order valence-electron chi connectivity index (χ3n) is 6.66. The topological polar surface area (TPSA) is 83.8 Å². The number of carbonyl (C=O) groups excluding carboxylic acids is 1. The van der Waals surface area contributed by atoms with Gasteiger partial charge < -0.3 is 4.57 Å². The van der Waals surface area contributed by atoms with E-state index in [9.17, 15) is 13.2 Å². The predicted molar refractivity (Wildman–Crippen MR) is 158 cm³/mol. The van der Waals surface area contributed by atoms with Gasteiger partial charge in [-0.2, -0.15) is 5.10 Å². The van der Waals surface area contributed by atoms with Crippen LogP contribution in [0.1, 0.15) is 33.6 Å². The van der Waals surface area contributed by atoms with Gasteiger partial charge in [0, 0.05) is 27.7 Å². The molecule has 0 aliphatic heterocycles. The molecule has 9 heteroatoms. The number of aryl methyl sites for hydroxylation is 4. The van der Waals surface area contributed by atoms with E-state index >= 15 is 0 Å². The van der Waals surface area contributed by atoms with Crippen molar-refractivity contribution in [2.24, 2.45) is 5.10 Å². The lowest BCUT2D eigenvalue weighted by Gasteiger charge is -2.25. The van der Waals surface area contributed by atoms with E-state index in [1.807, 2.05) is 19.9 Å². The summed E-state index contributed by atoms with van der Waals surface area (Å²) in [6, 6.07) is 21.1. The molecule has 0 saturated heterocycles. The Morgan fingerprint density at radius 3 is 2.31 bits per heavy atom. The van der Waals surface area contributed by atoms with Crippen LogP contribution in [0.4, 0.5) is 5.69 Å². The minimum absolute atomic E-state index is 0.0782. The number of benzene rings is 3. The van der Waals surface area contributed by atoms with Crippen LogP contribution in [0.5, 0.6) is 0 Å². The number of aromatic nitrogens is 1. The van der Waals surface area contributed by atoms with Crippen molar-refractivity contribution >= 4 is 39.4 Å². The maximum absolute atomic E-state index is 13.5. The molecular weight excluding hydrogens is 532 g/mol. The molecule has 0 fully saturated rings. The lowest BCUT2D eigenvalue weighted by Crippen LogP contribution is -2.40. The molecule has 0 spiro atoms. The second-order valence-electron chi connectivity index (χ2n) is 9.48. The lowest BCUT2D eigenvalue weighted by molar-refractivity contribution is -0.119. The molecule has 3 aromatic carbocycles. The molecular formula is C30H31ClN4O3S. The smallest absolute Gasteiger partial charge is 0.264 e. The first kappa shape index (κ1) is 28.1. The number of anilines is 1. The van der Waals surface area contributed by atoms with Gasteiger partial charge in [0.1, 0.15) is 6.54 Å².